The van der Waals surface area contributed by atoms with Crippen LogP contribution in [-0.2, 0) is 27.9 Å². The predicted octanol–water partition coefficient (Wildman–Crippen LogP) is 10.7. The molecule has 0 aliphatic heterocycles. The standard InChI is InChI=1S/C43H74NO7P/c1-6-8-10-12-14-16-18-20-22-23-25-27-29-31-33-35-38-48-40-42(41-50-52(46,47)49-39-37-44(3,4)5)51-43(45)36-34-32-30-28-26-24-21-19-17-15-13-11-9-7-2/h8,10,13-16,19-22,25,27,31,33,42H,6-7,9,11-12,17-18,23-24,26,28-30,32,34-41H2,1-5H3/b10-8-,15-13-,16-14-,21-19-,22-20-,27-25-,33-31-. The molecule has 298 valence electrons. The van der Waals surface area contributed by atoms with Crippen molar-refractivity contribution in [3.8, 4) is 0 Å². The van der Waals surface area contributed by atoms with Gasteiger partial charge in [-0.05, 0) is 70.6 Å². The fourth-order valence-corrected chi connectivity index (χ4v) is 5.35. The summed E-state index contributed by atoms with van der Waals surface area (Å²) in [6.07, 6.45) is 46.2. The Morgan fingerprint density at radius 2 is 1.12 bits per heavy atom. The number of hydrogen-bond acceptors (Lipinski definition) is 7. The van der Waals surface area contributed by atoms with Crippen LogP contribution in [0.25, 0.3) is 0 Å². The zero-order valence-corrected chi connectivity index (χ0v) is 34.4. The highest BCUT2D eigenvalue weighted by molar-refractivity contribution is 7.45. The van der Waals surface area contributed by atoms with Crippen LogP contribution in [0.3, 0.4) is 0 Å². The number of phosphoric acid groups is 1. The molecule has 0 spiro atoms. The van der Waals surface area contributed by atoms with Crippen LogP contribution >= 0.6 is 7.82 Å². The monoisotopic (exact) mass is 748 g/mol. The molecule has 8 nitrogen and oxygen atoms in total. The van der Waals surface area contributed by atoms with E-state index in [-0.39, 0.29) is 32.2 Å². The SMILES string of the molecule is CC/C=C\C/C=C\C/C=C\C/C=C\C/C=C\CCOCC(COP(=O)([O-])OCC[N+](C)(C)C)OC(=O)CCCCCCC/C=C\C/C=C\CCCC. The lowest BCUT2D eigenvalue weighted by atomic mass is 10.1. The van der Waals surface area contributed by atoms with Crippen LogP contribution in [0, 0.1) is 0 Å². The number of hydrogen-bond donors (Lipinski definition) is 0. The third-order valence-electron chi connectivity index (χ3n) is 7.70. The zero-order valence-electron chi connectivity index (χ0n) is 33.5. The van der Waals surface area contributed by atoms with Gasteiger partial charge in [0.1, 0.15) is 19.3 Å². The number of phosphoric ester groups is 1. The number of nitrogens with zero attached hydrogens (tertiary/aromatic N) is 1. The second-order valence-electron chi connectivity index (χ2n) is 13.9. The minimum absolute atomic E-state index is 0.00519. The van der Waals surface area contributed by atoms with Crippen LogP contribution in [0.1, 0.15) is 123 Å². The minimum Gasteiger partial charge on any atom is -0.756 e. The van der Waals surface area contributed by atoms with Gasteiger partial charge < -0.3 is 27.9 Å². The molecule has 0 heterocycles. The van der Waals surface area contributed by atoms with E-state index in [1.165, 1.54) is 19.3 Å². The van der Waals surface area contributed by atoms with Crippen molar-refractivity contribution < 1.29 is 37.3 Å². The molecule has 2 atom stereocenters. The van der Waals surface area contributed by atoms with Gasteiger partial charge >= 0.3 is 5.97 Å². The van der Waals surface area contributed by atoms with E-state index in [0.717, 1.165) is 77.0 Å². The number of quaternary nitrogens is 1. The summed E-state index contributed by atoms with van der Waals surface area (Å²) in [5, 5.41) is 0. The number of rotatable bonds is 35. The van der Waals surface area contributed by atoms with Crippen molar-refractivity contribution in [2.24, 2.45) is 0 Å². The van der Waals surface area contributed by atoms with Gasteiger partial charge in [-0.1, -0.05) is 131 Å². The summed E-state index contributed by atoms with van der Waals surface area (Å²) in [7, 11) is 1.28. The molecule has 0 aromatic heterocycles. The Hall–Kier alpha value is -2.32. The number of ether oxygens (including phenoxy) is 2. The number of likely N-dealkylation sites (N-methyl/N-ethyl adjacent to an activating group) is 1. The van der Waals surface area contributed by atoms with E-state index in [1.54, 1.807) is 0 Å². The van der Waals surface area contributed by atoms with E-state index in [9.17, 15) is 14.3 Å². The second-order valence-corrected chi connectivity index (χ2v) is 15.3. The highest BCUT2D eigenvalue weighted by atomic mass is 31.2. The van der Waals surface area contributed by atoms with Gasteiger partial charge in [0.05, 0.1) is 41.0 Å². The molecule has 0 aromatic carbocycles. The molecule has 0 amide bonds. The molecule has 0 bridgehead atoms. The first kappa shape index (κ1) is 49.7. The number of allylic oxidation sites excluding steroid dienone is 13. The maximum atomic E-state index is 12.6. The summed E-state index contributed by atoms with van der Waals surface area (Å²) in [5.74, 6) is -0.378. The van der Waals surface area contributed by atoms with E-state index in [0.29, 0.717) is 24.1 Å². The summed E-state index contributed by atoms with van der Waals surface area (Å²) < 4.78 is 34.3. The van der Waals surface area contributed by atoms with Gasteiger partial charge in [-0.2, -0.15) is 0 Å². The van der Waals surface area contributed by atoms with Crippen molar-refractivity contribution in [2.45, 2.75) is 129 Å². The Kier molecular flexibility index (Phi) is 34.1. The third-order valence-corrected chi connectivity index (χ3v) is 8.66. The highest BCUT2D eigenvalue weighted by Gasteiger charge is 2.20. The van der Waals surface area contributed by atoms with Crippen molar-refractivity contribution >= 4 is 13.8 Å². The zero-order chi connectivity index (χ0) is 38.4. The van der Waals surface area contributed by atoms with Crippen molar-refractivity contribution in [1.29, 1.82) is 0 Å². The predicted molar refractivity (Wildman–Crippen MR) is 217 cm³/mol. The topological polar surface area (TPSA) is 94.1 Å². The second kappa shape index (κ2) is 35.7. The molecule has 0 aromatic rings. The van der Waals surface area contributed by atoms with Gasteiger partial charge in [0.2, 0.25) is 0 Å². The van der Waals surface area contributed by atoms with Crippen LogP contribution in [-0.4, -0.2) is 70.7 Å². The highest BCUT2D eigenvalue weighted by Crippen LogP contribution is 2.38. The number of carbonyl (C=O) groups excluding carboxylic acids is 1. The Balaban J connectivity index is 4.47. The van der Waals surface area contributed by atoms with E-state index >= 15 is 0 Å². The van der Waals surface area contributed by atoms with Crippen molar-refractivity contribution in [2.75, 3.05) is 54.1 Å². The lowest BCUT2D eigenvalue weighted by Crippen LogP contribution is -2.37. The Labute approximate surface area is 318 Å². The van der Waals surface area contributed by atoms with E-state index < -0.39 is 13.9 Å². The van der Waals surface area contributed by atoms with E-state index in [1.807, 2.05) is 27.2 Å². The molecule has 0 aliphatic rings. The molecule has 9 heteroatoms. The average molecular weight is 748 g/mol. The Morgan fingerprint density at radius 3 is 1.67 bits per heavy atom. The molecule has 0 radical (unpaired) electrons. The normalized spacial score (nSPS) is 14.8. The molecular formula is C43H74NO7P. The first-order valence-electron chi connectivity index (χ1n) is 19.8. The van der Waals surface area contributed by atoms with Crippen LogP contribution in [0.5, 0.6) is 0 Å². The first-order chi connectivity index (χ1) is 25.1. The molecule has 0 saturated carbocycles. The molecule has 0 fully saturated rings. The van der Waals surface area contributed by atoms with Gasteiger partial charge in [-0.3, -0.25) is 9.36 Å². The van der Waals surface area contributed by atoms with Gasteiger partial charge in [0.15, 0.2) is 0 Å². The van der Waals surface area contributed by atoms with Gasteiger partial charge in [-0.25, -0.2) is 0 Å². The quantitative estimate of drug-likeness (QED) is 0.0209. The first-order valence-corrected chi connectivity index (χ1v) is 21.3. The fourth-order valence-electron chi connectivity index (χ4n) is 4.62. The average Bonchev–Trinajstić information content (AvgIpc) is 3.09. The number of carbonyl (C=O) groups is 1. The summed E-state index contributed by atoms with van der Waals surface area (Å²) in [6.45, 7) is 4.96. The van der Waals surface area contributed by atoms with Crippen LogP contribution in [0.2, 0.25) is 0 Å². The van der Waals surface area contributed by atoms with Crippen molar-refractivity contribution in [1.82, 2.24) is 0 Å². The fraction of sp³-hybridized carbons (Fsp3) is 0.651. The van der Waals surface area contributed by atoms with Gasteiger partial charge in [0, 0.05) is 6.42 Å². The summed E-state index contributed by atoms with van der Waals surface area (Å²) in [5.41, 5.74) is 0. The Bertz CT molecular complexity index is 1100. The minimum atomic E-state index is -4.55. The molecular weight excluding hydrogens is 673 g/mol. The molecule has 0 N–H and O–H groups in total. The summed E-state index contributed by atoms with van der Waals surface area (Å²) in [4.78, 5) is 24.9. The van der Waals surface area contributed by atoms with E-state index in [2.05, 4.69) is 92.8 Å². The van der Waals surface area contributed by atoms with Crippen molar-refractivity contribution in [3.05, 3.63) is 85.1 Å². The van der Waals surface area contributed by atoms with Gasteiger partial charge in [-0.15, -0.1) is 0 Å². The van der Waals surface area contributed by atoms with Crippen LogP contribution < -0.4 is 4.89 Å². The molecule has 2 unspecified atom stereocenters. The van der Waals surface area contributed by atoms with Crippen LogP contribution in [0.4, 0.5) is 0 Å². The molecule has 0 rings (SSSR count). The van der Waals surface area contributed by atoms with Gasteiger partial charge in [0.25, 0.3) is 7.82 Å². The maximum Gasteiger partial charge on any atom is 0.306 e. The van der Waals surface area contributed by atoms with Crippen LogP contribution in [0.15, 0.2) is 85.1 Å². The lowest BCUT2D eigenvalue weighted by Gasteiger charge is -2.28. The number of esters is 1. The largest absolute Gasteiger partial charge is 0.756 e. The van der Waals surface area contributed by atoms with E-state index in [4.69, 9.17) is 18.5 Å². The summed E-state index contributed by atoms with van der Waals surface area (Å²) in [6, 6.07) is 0. The van der Waals surface area contributed by atoms with Crippen molar-refractivity contribution in [3.63, 3.8) is 0 Å². The lowest BCUT2D eigenvalue weighted by molar-refractivity contribution is -0.870. The number of unbranched alkanes of at least 4 members (excludes halogenated alkanes) is 7. The maximum absolute atomic E-state index is 12.6. The molecule has 0 aliphatic carbocycles. The molecule has 52 heavy (non-hydrogen) atoms. The Morgan fingerprint density at radius 1 is 0.615 bits per heavy atom. The summed E-state index contributed by atoms with van der Waals surface area (Å²) >= 11 is 0. The smallest absolute Gasteiger partial charge is 0.306 e. The third kappa shape index (κ3) is 38.9. The molecule has 0 saturated heterocycles.